The first-order valence-electron chi connectivity index (χ1n) is 5.92. The minimum Gasteiger partial charge on any atom is -0.497 e. The summed E-state index contributed by atoms with van der Waals surface area (Å²) >= 11 is 9.42. The van der Waals surface area contributed by atoms with Crippen LogP contribution in [0.25, 0.3) is 0 Å². The van der Waals surface area contributed by atoms with Crippen LogP contribution in [0.5, 0.6) is 5.75 Å². The topological polar surface area (TPSA) is 21.3 Å². The molecule has 0 aliphatic rings. The standard InChI is InChI=1S/C15H15BrClNO/c1-10-5-13(17)4-3-11(10)9-18-14-6-12(16)7-15(8-14)19-2/h3-8,18H,9H2,1-2H3. The summed E-state index contributed by atoms with van der Waals surface area (Å²) in [6.07, 6.45) is 0. The zero-order chi connectivity index (χ0) is 13.8. The molecule has 1 N–H and O–H groups in total. The average Bonchev–Trinajstić information content (AvgIpc) is 2.37. The van der Waals surface area contributed by atoms with Gasteiger partial charge < -0.3 is 10.1 Å². The Morgan fingerprint density at radius 2 is 2.00 bits per heavy atom. The largest absolute Gasteiger partial charge is 0.497 e. The van der Waals surface area contributed by atoms with Crippen molar-refractivity contribution in [1.82, 2.24) is 0 Å². The van der Waals surface area contributed by atoms with Gasteiger partial charge in [-0.1, -0.05) is 33.6 Å². The van der Waals surface area contributed by atoms with E-state index in [9.17, 15) is 0 Å². The van der Waals surface area contributed by atoms with E-state index in [0.717, 1.165) is 27.5 Å². The van der Waals surface area contributed by atoms with Gasteiger partial charge in [-0.25, -0.2) is 0 Å². The summed E-state index contributed by atoms with van der Waals surface area (Å²) in [7, 11) is 1.66. The van der Waals surface area contributed by atoms with Crippen LogP contribution in [-0.2, 0) is 6.54 Å². The molecule has 0 amide bonds. The van der Waals surface area contributed by atoms with Crippen molar-refractivity contribution in [2.75, 3.05) is 12.4 Å². The number of ether oxygens (including phenoxy) is 1. The highest BCUT2D eigenvalue weighted by Gasteiger charge is 2.02. The van der Waals surface area contributed by atoms with Gasteiger partial charge in [-0.3, -0.25) is 0 Å². The predicted molar refractivity (Wildman–Crippen MR) is 84.2 cm³/mol. The van der Waals surface area contributed by atoms with E-state index in [1.54, 1.807) is 7.11 Å². The fraction of sp³-hybridized carbons (Fsp3) is 0.200. The van der Waals surface area contributed by atoms with Gasteiger partial charge in [0, 0.05) is 27.8 Å². The van der Waals surface area contributed by atoms with Crippen molar-refractivity contribution < 1.29 is 4.74 Å². The van der Waals surface area contributed by atoms with Crippen molar-refractivity contribution >= 4 is 33.2 Å². The molecule has 2 aromatic rings. The van der Waals surface area contributed by atoms with E-state index >= 15 is 0 Å². The molecule has 0 saturated heterocycles. The lowest BCUT2D eigenvalue weighted by Gasteiger charge is -2.11. The lowest BCUT2D eigenvalue weighted by molar-refractivity contribution is 0.414. The number of halogens is 2. The normalized spacial score (nSPS) is 10.3. The van der Waals surface area contributed by atoms with Crippen LogP contribution in [0.4, 0.5) is 5.69 Å². The van der Waals surface area contributed by atoms with Crippen LogP contribution in [0.15, 0.2) is 40.9 Å². The quantitative estimate of drug-likeness (QED) is 0.842. The number of nitrogens with one attached hydrogen (secondary N) is 1. The van der Waals surface area contributed by atoms with Crippen LogP contribution in [-0.4, -0.2) is 7.11 Å². The van der Waals surface area contributed by atoms with E-state index in [0.29, 0.717) is 0 Å². The molecule has 4 heteroatoms. The summed E-state index contributed by atoms with van der Waals surface area (Å²) in [4.78, 5) is 0. The van der Waals surface area contributed by atoms with E-state index in [-0.39, 0.29) is 0 Å². The Hall–Kier alpha value is -1.19. The van der Waals surface area contributed by atoms with Gasteiger partial charge in [-0.2, -0.15) is 0 Å². The fourth-order valence-corrected chi connectivity index (χ4v) is 2.54. The molecule has 0 aliphatic heterocycles. The van der Waals surface area contributed by atoms with Gasteiger partial charge in [-0.15, -0.1) is 0 Å². The van der Waals surface area contributed by atoms with Gasteiger partial charge in [0.15, 0.2) is 0 Å². The third kappa shape index (κ3) is 3.88. The molecule has 2 aromatic carbocycles. The van der Waals surface area contributed by atoms with Gasteiger partial charge >= 0.3 is 0 Å². The number of hydrogen-bond donors (Lipinski definition) is 1. The van der Waals surface area contributed by atoms with Crippen molar-refractivity contribution in [2.45, 2.75) is 13.5 Å². The molecule has 0 bridgehead atoms. The lowest BCUT2D eigenvalue weighted by atomic mass is 10.1. The summed E-state index contributed by atoms with van der Waals surface area (Å²) in [5.41, 5.74) is 3.42. The Bertz CT molecular complexity index is 586. The first-order valence-corrected chi connectivity index (χ1v) is 7.09. The molecule has 2 rings (SSSR count). The maximum Gasteiger partial charge on any atom is 0.122 e. The smallest absolute Gasteiger partial charge is 0.122 e. The van der Waals surface area contributed by atoms with Crippen molar-refractivity contribution in [2.24, 2.45) is 0 Å². The predicted octanol–water partition coefficient (Wildman–Crippen LogP) is 5.03. The van der Waals surface area contributed by atoms with Gasteiger partial charge in [0.2, 0.25) is 0 Å². The van der Waals surface area contributed by atoms with Crippen LogP contribution < -0.4 is 10.1 Å². The average molecular weight is 341 g/mol. The molecule has 0 aliphatic carbocycles. The minimum absolute atomic E-state index is 0.753. The van der Waals surface area contributed by atoms with E-state index in [1.165, 1.54) is 11.1 Å². The van der Waals surface area contributed by atoms with E-state index < -0.39 is 0 Å². The second-order valence-electron chi connectivity index (χ2n) is 4.30. The number of aryl methyl sites for hydroxylation is 1. The summed E-state index contributed by atoms with van der Waals surface area (Å²) < 4.78 is 6.23. The highest BCUT2D eigenvalue weighted by molar-refractivity contribution is 9.10. The highest BCUT2D eigenvalue weighted by atomic mass is 79.9. The van der Waals surface area contributed by atoms with E-state index in [2.05, 4.69) is 28.2 Å². The van der Waals surface area contributed by atoms with Gasteiger partial charge in [0.25, 0.3) is 0 Å². The number of hydrogen-bond acceptors (Lipinski definition) is 2. The molecule has 19 heavy (non-hydrogen) atoms. The summed E-state index contributed by atoms with van der Waals surface area (Å²) in [6, 6.07) is 11.8. The zero-order valence-corrected chi connectivity index (χ0v) is 13.2. The Kier molecular flexibility index (Phi) is 4.72. The van der Waals surface area contributed by atoms with Gasteiger partial charge in [-0.05, 0) is 42.3 Å². The molecule has 100 valence electrons. The zero-order valence-electron chi connectivity index (χ0n) is 10.8. The van der Waals surface area contributed by atoms with Crippen LogP contribution in [0.3, 0.4) is 0 Å². The monoisotopic (exact) mass is 339 g/mol. The van der Waals surface area contributed by atoms with E-state index in [1.807, 2.05) is 36.4 Å². The Balaban J connectivity index is 2.12. The van der Waals surface area contributed by atoms with Crippen molar-refractivity contribution in [3.8, 4) is 5.75 Å². The third-order valence-electron chi connectivity index (χ3n) is 2.89. The summed E-state index contributed by atoms with van der Waals surface area (Å²) in [5, 5.41) is 4.15. The Labute approximate surface area is 126 Å². The number of rotatable bonds is 4. The highest BCUT2D eigenvalue weighted by Crippen LogP contribution is 2.25. The van der Waals surface area contributed by atoms with Crippen molar-refractivity contribution in [1.29, 1.82) is 0 Å². The number of benzene rings is 2. The van der Waals surface area contributed by atoms with Gasteiger partial charge in [0.1, 0.15) is 5.75 Å². The fourth-order valence-electron chi connectivity index (χ4n) is 1.84. The molecule has 0 radical (unpaired) electrons. The second-order valence-corrected chi connectivity index (χ2v) is 5.66. The molecule has 0 saturated carbocycles. The first-order chi connectivity index (χ1) is 9.08. The molecule has 0 atom stereocenters. The lowest BCUT2D eigenvalue weighted by Crippen LogP contribution is -2.01. The molecule has 0 fully saturated rings. The SMILES string of the molecule is COc1cc(Br)cc(NCc2ccc(Cl)cc2C)c1. The molecule has 0 aromatic heterocycles. The second kappa shape index (κ2) is 6.31. The molecule has 0 unspecified atom stereocenters. The Morgan fingerprint density at radius 1 is 1.21 bits per heavy atom. The van der Waals surface area contributed by atoms with Crippen LogP contribution in [0.1, 0.15) is 11.1 Å². The van der Waals surface area contributed by atoms with Crippen molar-refractivity contribution in [3.63, 3.8) is 0 Å². The Morgan fingerprint density at radius 3 is 2.68 bits per heavy atom. The maximum absolute atomic E-state index is 5.95. The first kappa shape index (κ1) is 14.2. The van der Waals surface area contributed by atoms with E-state index in [4.69, 9.17) is 16.3 Å². The van der Waals surface area contributed by atoms with Crippen molar-refractivity contribution in [3.05, 3.63) is 57.0 Å². The summed E-state index contributed by atoms with van der Waals surface area (Å²) in [6.45, 7) is 2.81. The minimum atomic E-state index is 0.753. The maximum atomic E-state index is 5.95. The number of methoxy groups -OCH3 is 1. The molecule has 0 spiro atoms. The molecule has 0 heterocycles. The van der Waals surface area contributed by atoms with Crippen LogP contribution >= 0.6 is 27.5 Å². The number of anilines is 1. The molecule has 2 nitrogen and oxygen atoms in total. The third-order valence-corrected chi connectivity index (χ3v) is 3.59. The summed E-state index contributed by atoms with van der Waals surface area (Å²) in [5.74, 6) is 0.824. The van der Waals surface area contributed by atoms with Crippen LogP contribution in [0.2, 0.25) is 5.02 Å². The van der Waals surface area contributed by atoms with Gasteiger partial charge in [0.05, 0.1) is 7.11 Å². The molecular weight excluding hydrogens is 326 g/mol. The molecular formula is C15H15BrClNO. The van der Waals surface area contributed by atoms with Crippen LogP contribution in [0, 0.1) is 6.92 Å².